The van der Waals surface area contributed by atoms with Crippen LogP contribution in [0.5, 0.6) is 5.75 Å². The summed E-state index contributed by atoms with van der Waals surface area (Å²) in [5.74, 6) is 0.832. The number of thiophene rings is 1. The number of aromatic nitrogens is 3. The van der Waals surface area contributed by atoms with Crippen molar-refractivity contribution in [2.24, 2.45) is 4.99 Å². The Balaban J connectivity index is 1.33. The first-order valence-corrected chi connectivity index (χ1v) is 14.6. The van der Waals surface area contributed by atoms with Gasteiger partial charge in [-0.15, -0.1) is 21.5 Å². The number of nitrogens with one attached hydrogen (secondary N) is 1. The van der Waals surface area contributed by atoms with Crippen molar-refractivity contribution in [2.45, 2.75) is 39.7 Å². The second-order valence-corrected chi connectivity index (χ2v) is 11.4. The zero-order valence-corrected chi connectivity index (χ0v) is 25.0. The SMILES string of the molecule is Cc1sc2c(c1C)C(c1ccc(Cl)cc1)=N[C@@H](CC(=O)Nc1ccc(OCCOCCC(=O)O)cc1)c1nnc(C)n1-2. The molecule has 2 N–H and O–H groups in total. The number of aliphatic carboxylic acids is 1. The average Bonchev–Trinajstić information content (AvgIpc) is 3.43. The van der Waals surface area contributed by atoms with Gasteiger partial charge in [0.05, 0.1) is 31.8 Å². The van der Waals surface area contributed by atoms with E-state index in [1.54, 1.807) is 35.6 Å². The maximum absolute atomic E-state index is 13.3. The molecule has 0 radical (unpaired) electrons. The van der Waals surface area contributed by atoms with Crippen molar-refractivity contribution in [2.75, 3.05) is 25.1 Å². The normalized spacial score (nSPS) is 14.0. The van der Waals surface area contributed by atoms with Crippen LogP contribution in [0.15, 0.2) is 53.5 Å². The number of ether oxygens (including phenoxy) is 2. The number of carboxylic acid groups (broad SMARTS) is 1. The van der Waals surface area contributed by atoms with Crippen LogP contribution < -0.4 is 10.1 Å². The van der Waals surface area contributed by atoms with Crippen molar-refractivity contribution in [3.8, 4) is 10.8 Å². The van der Waals surface area contributed by atoms with Crippen LogP contribution in [0.25, 0.3) is 5.00 Å². The van der Waals surface area contributed by atoms with E-state index in [2.05, 4.69) is 29.4 Å². The Kier molecular flexibility index (Phi) is 9.00. The quantitative estimate of drug-likeness (QED) is 0.209. The number of rotatable bonds is 11. The summed E-state index contributed by atoms with van der Waals surface area (Å²) in [6.07, 6.45) is 0.0172. The van der Waals surface area contributed by atoms with Gasteiger partial charge in [0.2, 0.25) is 5.91 Å². The number of fused-ring (bicyclic) bond motifs is 3. The standard InChI is InChI=1S/C30H30ClN5O5S/c1-17-18(2)42-30-27(17)28(20-4-6-21(31)7-5-20)33-24(29-35-34-19(3)36(29)30)16-25(37)32-22-8-10-23(11-9-22)41-15-14-40-13-12-26(38)39/h4-11,24H,12-16H2,1-3H3,(H,32,37)(H,38,39)/t24-/m0/s1. The molecular formula is C30H30ClN5O5S. The van der Waals surface area contributed by atoms with Gasteiger partial charge in [-0.2, -0.15) is 0 Å². The number of halogens is 1. The molecule has 1 amide bonds. The Labute approximate surface area is 252 Å². The summed E-state index contributed by atoms with van der Waals surface area (Å²) < 4.78 is 12.9. The molecule has 2 aromatic heterocycles. The maximum Gasteiger partial charge on any atom is 0.305 e. The summed E-state index contributed by atoms with van der Waals surface area (Å²) in [4.78, 5) is 30.1. The summed E-state index contributed by atoms with van der Waals surface area (Å²) in [5.41, 5.74) is 4.45. The van der Waals surface area contributed by atoms with Crippen molar-refractivity contribution in [3.05, 3.63) is 86.8 Å². The fraction of sp³-hybridized carbons (Fsp3) is 0.300. The van der Waals surface area contributed by atoms with Gasteiger partial charge in [-0.3, -0.25) is 19.1 Å². The Morgan fingerprint density at radius 1 is 1.02 bits per heavy atom. The van der Waals surface area contributed by atoms with Crippen LogP contribution >= 0.6 is 22.9 Å². The Hall–Kier alpha value is -4.06. The number of hydrogen-bond acceptors (Lipinski definition) is 8. The number of carboxylic acids is 1. The number of anilines is 1. The fourth-order valence-corrected chi connectivity index (χ4v) is 5.97. The monoisotopic (exact) mass is 607 g/mol. The molecule has 3 heterocycles. The van der Waals surface area contributed by atoms with Gasteiger partial charge in [-0.1, -0.05) is 23.7 Å². The molecule has 0 saturated heterocycles. The molecule has 5 rings (SSSR count). The van der Waals surface area contributed by atoms with Crippen molar-refractivity contribution in [1.82, 2.24) is 14.8 Å². The second kappa shape index (κ2) is 12.8. The number of carbonyl (C=O) groups is 2. The van der Waals surface area contributed by atoms with Crippen molar-refractivity contribution in [3.63, 3.8) is 0 Å². The van der Waals surface area contributed by atoms with Gasteiger partial charge in [0.25, 0.3) is 0 Å². The minimum absolute atomic E-state index is 0.0465. The first-order valence-electron chi connectivity index (χ1n) is 13.4. The Morgan fingerprint density at radius 2 is 1.76 bits per heavy atom. The van der Waals surface area contributed by atoms with E-state index in [4.69, 9.17) is 31.2 Å². The zero-order chi connectivity index (χ0) is 29.8. The molecule has 2 aromatic carbocycles. The van der Waals surface area contributed by atoms with Gasteiger partial charge in [-0.25, -0.2) is 0 Å². The number of hydrogen-bond donors (Lipinski definition) is 2. The van der Waals surface area contributed by atoms with Gasteiger partial charge in [0.1, 0.15) is 29.2 Å². The lowest BCUT2D eigenvalue weighted by atomic mass is 9.99. The number of aryl methyl sites for hydroxylation is 2. The largest absolute Gasteiger partial charge is 0.491 e. The van der Waals surface area contributed by atoms with Gasteiger partial charge in [0.15, 0.2) is 5.82 Å². The highest BCUT2D eigenvalue weighted by atomic mass is 35.5. The minimum Gasteiger partial charge on any atom is -0.491 e. The van der Waals surface area contributed by atoms with E-state index in [0.717, 1.165) is 33.2 Å². The van der Waals surface area contributed by atoms with E-state index in [-0.39, 0.29) is 38.6 Å². The van der Waals surface area contributed by atoms with E-state index in [0.29, 0.717) is 22.3 Å². The van der Waals surface area contributed by atoms with Gasteiger partial charge < -0.3 is 19.9 Å². The van der Waals surface area contributed by atoms with E-state index < -0.39 is 12.0 Å². The molecule has 1 aliphatic rings. The highest BCUT2D eigenvalue weighted by Gasteiger charge is 2.32. The van der Waals surface area contributed by atoms with Crippen molar-refractivity contribution in [1.29, 1.82) is 0 Å². The number of amides is 1. The molecular weight excluding hydrogens is 578 g/mol. The average molecular weight is 608 g/mol. The van der Waals surface area contributed by atoms with Crippen LogP contribution in [0.4, 0.5) is 5.69 Å². The third kappa shape index (κ3) is 6.53. The highest BCUT2D eigenvalue weighted by molar-refractivity contribution is 7.15. The molecule has 42 heavy (non-hydrogen) atoms. The predicted octanol–water partition coefficient (Wildman–Crippen LogP) is 5.70. The lowest BCUT2D eigenvalue weighted by Gasteiger charge is -2.13. The van der Waals surface area contributed by atoms with Crippen LogP contribution in [0, 0.1) is 20.8 Å². The molecule has 4 aromatic rings. The molecule has 0 aliphatic carbocycles. The molecule has 0 fully saturated rings. The molecule has 218 valence electrons. The summed E-state index contributed by atoms with van der Waals surface area (Å²) >= 11 is 7.85. The number of nitrogens with zero attached hydrogens (tertiary/aromatic N) is 4. The first kappa shape index (κ1) is 29.4. The van der Waals surface area contributed by atoms with Crippen molar-refractivity contribution >= 4 is 46.2 Å². The zero-order valence-electron chi connectivity index (χ0n) is 23.4. The number of carbonyl (C=O) groups excluding carboxylic acids is 1. The molecule has 12 heteroatoms. The van der Waals surface area contributed by atoms with E-state index in [1.165, 1.54) is 4.88 Å². The lowest BCUT2D eigenvalue weighted by molar-refractivity contribution is -0.138. The highest BCUT2D eigenvalue weighted by Crippen LogP contribution is 2.39. The second-order valence-electron chi connectivity index (χ2n) is 9.79. The van der Waals surface area contributed by atoms with Gasteiger partial charge in [-0.05, 0) is 62.7 Å². The third-order valence-corrected chi connectivity index (χ3v) is 8.28. The fourth-order valence-electron chi connectivity index (χ4n) is 4.63. The van der Waals surface area contributed by atoms with Crippen LogP contribution in [0.1, 0.15) is 52.1 Å². The van der Waals surface area contributed by atoms with E-state index >= 15 is 0 Å². The molecule has 1 aliphatic heterocycles. The van der Waals surface area contributed by atoms with E-state index in [1.807, 2.05) is 35.8 Å². The predicted molar refractivity (Wildman–Crippen MR) is 162 cm³/mol. The lowest BCUT2D eigenvalue weighted by Crippen LogP contribution is -2.17. The number of benzene rings is 2. The van der Waals surface area contributed by atoms with E-state index in [9.17, 15) is 9.59 Å². The molecule has 0 bridgehead atoms. The first-order chi connectivity index (χ1) is 20.2. The van der Waals surface area contributed by atoms with Crippen molar-refractivity contribution < 1.29 is 24.2 Å². The maximum atomic E-state index is 13.3. The minimum atomic E-state index is -0.903. The summed E-state index contributed by atoms with van der Waals surface area (Å²) in [6.45, 7) is 6.78. The molecule has 10 nitrogen and oxygen atoms in total. The molecule has 1 atom stereocenters. The Bertz CT molecular complexity index is 1630. The molecule has 0 spiro atoms. The van der Waals surface area contributed by atoms with Crippen LogP contribution in [0.3, 0.4) is 0 Å². The van der Waals surface area contributed by atoms with Crippen LogP contribution in [-0.2, 0) is 14.3 Å². The van der Waals surface area contributed by atoms with Gasteiger partial charge >= 0.3 is 5.97 Å². The Morgan fingerprint density at radius 3 is 2.48 bits per heavy atom. The topological polar surface area (TPSA) is 128 Å². The molecule has 0 saturated carbocycles. The van der Waals surface area contributed by atoms with Crippen LogP contribution in [0.2, 0.25) is 5.02 Å². The summed E-state index contributed by atoms with van der Waals surface area (Å²) in [6, 6.07) is 14.0. The van der Waals surface area contributed by atoms with Crippen LogP contribution in [-0.4, -0.2) is 57.3 Å². The molecule has 0 unspecified atom stereocenters. The number of aliphatic imine (C=N–C) groups is 1. The van der Waals surface area contributed by atoms with Gasteiger partial charge in [0, 0.05) is 26.7 Å². The summed E-state index contributed by atoms with van der Waals surface area (Å²) in [7, 11) is 0. The third-order valence-electron chi connectivity index (χ3n) is 6.83. The smallest absolute Gasteiger partial charge is 0.305 e. The summed E-state index contributed by atoms with van der Waals surface area (Å²) in [5, 5.41) is 22.0.